The maximum Gasteiger partial charge on any atom is 0.252 e. The molecular formula is C20H26N4O. The Kier molecular flexibility index (Phi) is 4.75. The van der Waals surface area contributed by atoms with Gasteiger partial charge in [0.1, 0.15) is 0 Å². The van der Waals surface area contributed by atoms with Crippen LogP contribution in [0.1, 0.15) is 57.2 Å². The van der Waals surface area contributed by atoms with Crippen molar-refractivity contribution in [3.8, 4) is 0 Å². The first-order valence-corrected chi connectivity index (χ1v) is 8.78. The van der Waals surface area contributed by atoms with Crippen molar-refractivity contribution >= 4 is 11.9 Å². The minimum absolute atomic E-state index is 0.0184. The summed E-state index contributed by atoms with van der Waals surface area (Å²) in [4.78, 5) is 23.8. The number of fused-ring (bicyclic) bond motifs is 1. The summed E-state index contributed by atoms with van der Waals surface area (Å²) >= 11 is 0. The molecule has 1 aromatic carbocycles. The zero-order valence-corrected chi connectivity index (χ0v) is 15.7. The molecule has 132 valence electrons. The second-order valence-corrected chi connectivity index (χ2v) is 7.14. The van der Waals surface area contributed by atoms with Crippen LogP contribution in [0.15, 0.2) is 18.3 Å². The highest BCUT2D eigenvalue weighted by atomic mass is 16.1. The highest BCUT2D eigenvalue weighted by Gasteiger charge is 2.25. The molecule has 3 rings (SSSR count). The SMILES string of the molecule is Cc1cc(C)c(C(=O)N[C@H]2CCCc3nc(N(C)C)ncc32)cc1C. The summed E-state index contributed by atoms with van der Waals surface area (Å²) in [5, 5.41) is 3.20. The topological polar surface area (TPSA) is 58.1 Å². The molecule has 1 N–H and O–H groups in total. The number of aryl methyl sites for hydroxylation is 4. The average Bonchev–Trinajstić information content (AvgIpc) is 2.57. The van der Waals surface area contributed by atoms with Crippen LogP contribution < -0.4 is 10.2 Å². The van der Waals surface area contributed by atoms with E-state index in [1.807, 2.05) is 45.1 Å². The van der Waals surface area contributed by atoms with Gasteiger partial charge in [0.2, 0.25) is 5.95 Å². The molecule has 1 aliphatic carbocycles. The van der Waals surface area contributed by atoms with Crippen LogP contribution in [0.3, 0.4) is 0 Å². The van der Waals surface area contributed by atoms with E-state index in [0.29, 0.717) is 0 Å². The number of aromatic nitrogens is 2. The van der Waals surface area contributed by atoms with Crippen LogP contribution in [-0.4, -0.2) is 30.0 Å². The van der Waals surface area contributed by atoms with Crippen molar-refractivity contribution in [2.45, 2.75) is 46.1 Å². The molecule has 1 aromatic heterocycles. The van der Waals surface area contributed by atoms with Gasteiger partial charge in [0.15, 0.2) is 0 Å². The Labute approximate surface area is 149 Å². The molecule has 0 fully saturated rings. The summed E-state index contributed by atoms with van der Waals surface area (Å²) in [6.45, 7) is 6.10. The van der Waals surface area contributed by atoms with E-state index in [4.69, 9.17) is 0 Å². The highest BCUT2D eigenvalue weighted by Crippen LogP contribution is 2.29. The van der Waals surface area contributed by atoms with Crippen molar-refractivity contribution in [1.29, 1.82) is 0 Å². The Bertz CT molecular complexity index is 814. The number of nitrogens with zero attached hydrogens (tertiary/aromatic N) is 3. The Balaban J connectivity index is 1.85. The Hall–Kier alpha value is -2.43. The molecule has 1 heterocycles. The van der Waals surface area contributed by atoms with Crippen LogP contribution >= 0.6 is 0 Å². The Morgan fingerprint density at radius 3 is 2.60 bits per heavy atom. The van der Waals surface area contributed by atoms with Crippen LogP contribution in [0.5, 0.6) is 0 Å². The fraction of sp³-hybridized carbons (Fsp3) is 0.450. The number of hydrogen-bond donors (Lipinski definition) is 1. The van der Waals surface area contributed by atoms with E-state index >= 15 is 0 Å². The number of amides is 1. The molecule has 1 atom stereocenters. The smallest absolute Gasteiger partial charge is 0.252 e. The van der Waals surface area contributed by atoms with Crippen LogP contribution in [0.25, 0.3) is 0 Å². The predicted molar refractivity (Wildman–Crippen MR) is 100 cm³/mol. The summed E-state index contributed by atoms with van der Waals surface area (Å²) < 4.78 is 0. The third-order valence-electron chi connectivity index (χ3n) is 4.96. The zero-order valence-electron chi connectivity index (χ0n) is 15.7. The fourth-order valence-electron chi connectivity index (χ4n) is 3.34. The lowest BCUT2D eigenvalue weighted by molar-refractivity contribution is 0.0932. The predicted octanol–water partition coefficient (Wildman–Crippen LogP) is 3.28. The number of nitrogens with one attached hydrogen (secondary N) is 1. The first-order chi connectivity index (χ1) is 11.9. The second kappa shape index (κ2) is 6.82. The van der Waals surface area contributed by atoms with E-state index in [1.165, 1.54) is 5.56 Å². The van der Waals surface area contributed by atoms with Gasteiger partial charge in [0.25, 0.3) is 5.91 Å². The lowest BCUT2D eigenvalue weighted by Crippen LogP contribution is -2.32. The molecular weight excluding hydrogens is 312 g/mol. The third-order valence-corrected chi connectivity index (χ3v) is 4.96. The molecule has 0 saturated carbocycles. The molecule has 5 heteroatoms. The van der Waals surface area contributed by atoms with E-state index in [0.717, 1.165) is 53.2 Å². The minimum Gasteiger partial charge on any atom is -0.347 e. The van der Waals surface area contributed by atoms with Gasteiger partial charge in [-0.25, -0.2) is 9.97 Å². The number of rotatable bonds is 3. The lowest BCUT2D eigenvalue weighted by Gasteiger charge is -2.26. The Morgan fingerprint density at radius 2 is 1.88 bits per heavy atom. The van der Waals surface area contributed by atoms with Crippen molar-refractivity contribution in [3.05, 3.63) is 51.8 Å². The molecule has 0 saturated heterocycles. The molecule has 25 heavy (non-hydrogen) atoms. The summed E-state index contributed by atoms with van der Waals surface area (Å²) in [6, 6.07) is 4.04. The molecule has 0 aliphatic heterocycles. The van der Waals surface area contributed by atoms with E-state index in [1.54, 1.807) is 0 Å². The molecule has 0 bridgehead atoms. The molecule has 5 nitrogen and oxygen atoms in total. The van der Waals surface area contributed by atoms with Crippen LogP contribution in [0, 0.1) is 20.8 Å². The molecule has 1 amide bonds. The normalized spacial score (nSPS) is 16.3. The van der Waals surface area contributed by atoms with Crippen molar-refractivity contribution in [2.75, 3.05) is 19.0 Å². The van der Waals surface area contributed by atoms with Gasteiger partial charge < -0.3 is 10.2 Å². The van der Waals surface area contributed by atoms with Gasteiger partial charge in [-0.3, -0.25) is 4.79 Å². The van der Waals surface area contributed by atoms with Gasteiger partial charge in [0.05, 0.1) is 11.7 Å². The average molecular weight is 338 g/mol. The first kappa shape index (κ1) is 17.4. The maximum atomic E-state index is 12.8. The summed E-state index contributed by atoms with van der Waals surface area (Å²) in [6.07, 6.45) is 4.75. The van der Waals surface area contributed by atoms with Gasteiger partial charge in [-0.15, -0.1) is 0 Å². The van der Waals surface area contributed by atoms with E-state index in [-0.39, 0.29) is 11.9 Å². The number of anilines is 1. The van der Waals surface area contributed by atoms with Crippen molar-refractivity contribution in [1.82, 2.24) is 15.3 Å². The number of benzene rings is 1. The van der Waals surface area contributed by atoms with Crippen molar-refractivity contribution in [3.63, 3.8) is 0 Å². The number of hydrogen-bond acceptors (Lipinski definition) is 4. The van der Waals surface area contributed by atoms with E-state index in [9.17, 15) is 4.79 Å². The van der Waals surface area contributed by atoms with Crippen LogP contribution in [0.4, 0.5) is 5.95 Å². The minimum atomic E-state index is -0.0199. The molecule has 0 unspecified atom stereocenters. The number of carbonyl (C=O) groups excluding carboxylic acids is 1. The molecule has 1 aliphatic rings. The van der Waals surface area contributed by atoms with Gasteiger partial charge >= 0.3 is 0 Å². The quantitative estimate of drug-likeness (QED) is 0.933. The van der Waals surface area contributed by atoms with Crippen LogP contribution in [0.2, 0.25) is 0 Å². The van der Waals surface area contributed by atoms with Gasteiger partial charge in [0, 0.05) is 31.4 Å². The molecule has 2 aromatic rings. The second-order valence-electron chi connectivity index (χ2n) is 7.14. The van der Waals surface area contributed by atoms with Gasteiger partial charge in [-0.2, -0.15) is 0 Å². The van der Waals surface area contributed by atoms with E-state index < -0.39 is 0 Å². The third kappa shape index (κ3) is 3.50. The highest BCUT2D eigenvalue weighted by molar-refractivity contribution is 5.96. The largest absolute Gasteiger partial charge is 0.347 e. The van der Waals surface area contributed by atoms with Crippen molar-refractivity contribution < 1.29 is 4.79 Å². The fourth-order valence-corrected chi connectivity index (χ4v) is 3.34. The summed E-state index contributed by atoms with van der Waals surface area (Å²) in [7, 11) is 3.87. The molecule has 0 spiro atoms. The first-order valence-electron chi connectivity index (χ1n) is 8.78. The van der Waals surface area contributed by atoms with E-state index in [2.05, 4.69) is 28.3 Å². The monoisotopic (exact) mass is 338 g/mol. The molecule has 0 radical (unpaired) electrons. The zero-order chi connectivity index (χ0) is 18.1. The standard InChI is InChI=1S/C20H26N4O/c1-12-9-14(3)15(10-13(12)2)19(25)22-17-7-6-8-18-16(17)11-21-20(23-18)24(4)5/h9-11,17H,6-8H2,1-5H3,(H,22,25)/t17-/m0/s1. The number of carbonyl (C=O) groups is 1. The summed E-state index contributed by atoms with van der Waals surface area (Å²) in [5.74, 6) is 0.700. The lowest BCUT2D eigenvalue weighted by atomic mass is 9.91. The summed E-state index contributed by atoms with van der Waals surface area (Å²) in [5.41, 5.74) is 6.20. The Morgan fingerprint density at radius 1 is 1.16 bits per heavy atom. The van der Waals surface area contributed by atoms with Gasteiger partial charge in [-0.1, -0.05) is 6.07 Å². The van der Waals surface area contributed by atoms with Crippen LogP contribution in [-0.2, 0) is 6.42 Å². The maximum absolute atomic E-state index is 12.8. The van der Waals surface area contributed by atoms with Gasteiger partial charge in [-0.05, 0) is 62.8 Å². The van der Waals surface area contributed by atoms with Crippen molar-refractivity contribution in [2.24, 2.45) is 0 Å².